The van der Waals surface area contributed by atoms with E-state index in [4.69, 9.17) is 4.74 Å². The van der Waals surface area contributed by atoms with E-state index < -0.39 is 0 Å². The summed E-state index contributed by atoms with van der Waals surface area (Å²) in [6.45, 7) is 4.32. The van der Waals surface area contributed by atoms with Crippen LogP contribution in [0.15, 0.2) is 18.2 Å². The van der Waals surface area contributed by atoms with Crippen LogP contribution in [-0.4, -0.2) is 13.1 Å². The lowest BCUT2D eigenvalue weighted by Gasteiger charge is -2.10. The van der Waals surface area contributed by atoms with Crippen LogP contribution in [0.4, 0.5) is 0 Å². The zero-order valence-electron chi connectivity index (χ0n) is 10.1. The number of hydrogen-bond donors (Lipinski definition) is 0. The molecule has 1 aromatic carbocycles. The van der Waals surface area contributed by atoms with Crippen molar-refractivity contribution in [2.24, 2.45) is 0 Å². The SMILES string of the molecule is COC(=O)C[C@H]1C[C@H](C)c2ccc(C)cc21. The monoisotopic (exact) mass is 218 g/mol. The van der Waals surface area contributed by atoms with Crippen molar-refractivity contribution in [1.82, 2.24) is 0 Å². The van der Waals surface area contributed by atoms with Crippen molar-refractivity contribution in [3.8, 4) is 0 Å². The molecule has 0 fully saturated rings. The number of rotatable bonds is 2. The molecule has 0 saturated heterocycles. The summed E-state index contributed by atoms with van der Waals surface area (Å²) in [5.41, 5.74) is 4.01. The van der Waals surface area contributed by atoms with Gasteiger partial charge in [0.2, 0.25) is 0 Å². The van der Waals surface area contributed by atoms with Gasteiger partial charge in [0.05, 0.1) is 13.5 Å². The lowest BCUT2D eigenvalue weighted by Crippen LogP contribution is -2.06. The maximum absolute atomic E-state index is 11.3. The minimum absolute atomic E-state index is 0.105. The van der Waals surface area contributed by atoms with E-state index in [0.29, 0.717) is 18.3 Å². The molecule has 2 atom stereocenters. The minimum Gasteiger partial charge on any atom is -0.469 e. The van der Waals surface area contributed by atoms with E-state index in [2.05, 4.69) is 32.0 Å². The van der Waals surface area contributed by atoms with E-state index >= 15 is 0 Å². The van der Waals surface area contributed by atoms with E-state index in [9.17, 15) is 4.79 Å². The Morgan fingerprint density at radius 1 is 1.44 bits per heavy atom. The van der Waals surface area contributed by atoms with Gasteiger partial charge < -0.3 is 4.74 Å². The predicted octanol–water partition coefficient (Wildman–Crippen LogP) is 3.15. The Morgan fingerprint density at radius 2 is 2.19 bits per heavy atom. The topological polar surface area (TPSA) is 26.3 Å². The Bertz CT molecular complexity index is 409. The van der Waals surface area contributed by atoms with Crippen molar-refractivity contribution in [2.75, 3.05) is 7.11 Å². The number of benzene rings is 1. The van der Waals surface area contributed by atoms with E-state index in [-0.39, 0.29) is 5.97 Å². The normalized spacial score (nSPS) is 22.9. The van der Waals surface area contributed by atoms with Crippen molar-refractivity contribution >= 4 is 5.97 Å². The van der Waals surface area contributed by atoms with E-state index in [1.165, 1.54) is 23.8 Å². The van der Waals surface area contributed by atoms with Gasteiger partial charge in [-0.3, -0.25) is 4.79 Å². The van der Waals surface area contributed by atoms with Crippen molar-refractivity contribution in [3.05, 3.63) is 34.9 Å². The van der Waals surface area contributed by atoms with Gasteiger partial charge in [-0.05, 0) is 36.3 Å². The Morgan fingerprint density at radius 3 is 2.88 bits per heavy atom. The van der Waals surface area contributed by atoms with Gasteiger partial charge in [0.25, 0.3) is 0 Å². The highest BCUT2D eigenvalue weighted by molar-refractivity contribution is 5.71. The summed E-state index contributed by atoms with van der Waals surface area (Å²) in [5.74, 6) is 0.800. The van der Waals surface area contributed by atoms with Gasteiger partial charge in [0, 0.05) is 0 Å². The van der Waals surface area contributed by atoms with Crippen LogP contribution < -0.4 is 0 Å². The molecule has 0 amide bonds. The molecule has 2 rings (SSSR count). The van der Waals surface area contributed by atoms with Crippen molar-refractivity contribution in [2.45, 2.75) is 38.5 Å². The lowest BCUT2D eigenvalue weighted by molar-refractivity contribution is -0.141. The molecule has 16 heavy (non-hydrogen) atoms. The Kier molecular flexibility index (Phi) is 2.99. The molecule has 0 N–H and O–H groups in total. The van der Waals surface area contributed by atoms with Crippen LogP contribution >= 0.6 is 0 Å². The summed E-state index contributed by atoms with van der Waals surface area (Å²) < 4.78 is 4.75. The number of carbonyl (C=O) groups excluding carboxylic acids is 1. The molecule has 0 aliphatic heterocycles. The average Bonchev–Trinajstić information content (AvgIpc) is 2.55. The highest BCUT2D eigenvalue weighted by Crippen LogP contribution is 2.43. The first-order valence-corrected chi connectivity index (χ1v) is 5.79. The molecule has 1 aromatic rings. The molecule has 0 aromatic heterocycles. The van der Waals surface area contributed by atoms with E-state index in [1.807, 2.05) is 0 Å². The summed E-state index contributed by atoms with van der Waals surface area (Å²) in [6.07, 6.45) is 1.57. The zero-order valence-corrected chi connectivity index (χ0v) is 10.1. The first-order chi connectivity index (χ1) is 7.61. The lowest BCUT2D eigenvalue weighted by atomic mass is 9.96. The van der Waals surface area contributed by atoms with Gasteiger partial charge in [-0.1, -0.05) is 30.7 Å². The predicted molar refractivity (Wildman–Crippen MR) is 63.6 cm³/mol. The maximum Gasteiger partial charge on any atom is 0.306 e. The highest BCUT2D eigenvalue weighted by Gasteiger charge is 2.29. The summed E-state index contributed by atoms with van der Waals surface area (Å²) in [5, 5.41) is 0. The van der Waals surface area contributed by atoms with Gasteiger partial charge in [0.15, 0.2) is 0 Å². The number of methoxy groups -OCH3 is 1. The number of esters is 1. The number of ether oxygens (including phenoxy) is 1. The number of fused-ring (bicyclic) bond motifs is 1. The van der Waals surface area contributed by atoms with Crippen LogP contribution in [-0.2, 0) is 9.53 Å². The standard InChI is InChI=1S/C14H18O2/c1-9-4-5-12-10(2)7-11(13(12)6-9)8-14(15)16-3/h4-6,10-11H,7-8H2,1-3H3/t10-,11+/m0/s1. The van der Waals surface area contributed by atoms with Gasteiger partial charge in [0.1, 0.15) is 0 Å². The van der Waals surface area contributed by atoms with Gasteiger partial charge in [-0.25, -0.2) is 0 Å². The molecule has 2 nitrogen and oxygen atoms in total. The molecule has 1 aliphatic carbocycles. The fourth-order valence-electron chi connectivity index (χ4n) is 2.66. The third-order valence-corrected chi connectivity index (χ3v) is 3.49. The number of hydrogen-bond acceptors (Lipinski definition) is 2. The van der Waals surface area contributed by atoms with Crippen LogP contribution in [0.3, 0.4) is 0 Å². The third kappa shape index (κ3) is 1.97. The highest BCUT2D eigenvalue weighted by atomic mass is 16.5. The summed E-state index contributed by atoms with van der Waals surface area (Å²) >= 11 is 0. The molecule has 0 bridgehead atoms. The zero-order chi connectivity index (χ0) is 11.7. The summed E-state index contributed by atoms with van der Waals surface area (Å²) in [6, 6.07) is 6.56. The fourth-order valence-corrected chi connectivity index (χ4v) is 2.66. The third-order valence-electron chi connectivity index (χ3n) is 3.49. The van der Waals surface area contributed by atoms with Crippen molar-refractivity contribution in [1.29, 1.82) is 0 Å². The molecular formula is C14H18O2. The summed E-state index contributed by atoms with van der Waals surface area (Å²) in [7, 11) is 1.46. The quantitative estimate of drug-likeness (QED) is 0.713. The molecule has 1 aliphatic rings. The molecule has 86 valence electrons. The molecule has 0 radical (unpaired) electrons. The summed E-state index contributed by atoms with van der Waals surface area (Å²) in [4.78, 5) is 11.3. The van der Waals surface area contributed by atoms with Crippen LogP contribution in [0.25, 0.3) is 0 Å². The first kappa shape index (κ1) is 11.2. The number of aryl methyl sites for hydroxylation is 1. The fraction of sp³-hybridized carbons (Fsp3) is 0.500. The van der Waals surface area contributed by atoms with Gasteiger partial charge in [-0.15, -0.1) is 0 Å². The minimum atomic E-state index is -0.105. The Balaban J connectivity index is 2.27. The number of carbonyl (C=O) groups is 1. The maximum atomic E-state index is 11.3. The molecule has 0 saturated carbocycles. The van der Waals surface area contributed by atoms with E-state index in [0.717, 1.165) is 6.42 Å². The smallest absolute Gasteiger partial charge is 0.306 e. The van der Waals surface area contributed by atoms with Crippen molar-refractivity contribution in [3.63, 3.8) is 0 Å². The molecule has 2 heteroatoms. The largest absolute Gasteiger partial charge is 0.469 e. The van der Waals surface area contributed by atoms with Crippen LogP contribution in [0.5, 0.6) is 0 Å². The Hall–Kier alpha value is -1.31. The molecule has 0 spiro atoms. The second-order valence-corrected chi connectivity index (χ2v) is 4.75. The van der Waals surface area contributed by atoms with Crippen LogP contribution in [0, 0.1) is 6.92 Å². The second-order valence-electron chi connectivity index (χ2n) is 4.75. The van der Waals surface area contributed by atoms with Crippen LogP contribution in [0.1, 0.15) is 48.3 Å². The average molecular weight is 218 g/mol. The second kappa shape index (κ2) is 4.28. The van der Waals surface area contributed by atoms with E-state index in [1.54, 1.807) is 0 Å². The Labute approximate surface area is 96.6 Å². The van der Waals surface area contributed by atoms with Gasteiger partial charge in [-0.2, -0.15) is 0 Å². The van der Waals surface area contributed by atoms with Gasteiger partial charge >= 0.3 is 5.97 Å². The molecule has 0 unspecified atom stereocenters. The first-order valence-electron chi connectivity index (χ1n) is 5.79. The molecule has 0 heterocycles. The molecular weight excluding hydrogens is 200 g/mol. The van der Waals surface area contributed by atoms with Crippen molar-refractivity contribution < 1.29 is 9.53 Å². The van der Waals surface area contributed by atoms with Crippen LogP contribution in [0.2, 0.25) is 0 Å².